The number of benzene rings is 1. The van der Waals surface area contributed by atoms with Crippen LogP contribution in [0.15, 0.2) is 40.1 Å². The Bertz CT molecular complexity index is 962. The fraction of sp³-hybridized carbons (Fsp3) is 0.400. The monoisotopic (exact) mass is 434 g/mol. The normalized spacial score (nSPS) is 14.8. The number of rotatable bonds is 8. The molecule has 1 N–H and O–H groups in total. The zero-order valence-electron chi connectivity index (χ0n) is 16.7. The lowest BCUT2D eigenvalue weighted by Crippen LogP contribution is -2.31. The van der Waals surface area contributed by atoms with Crippen molar-refractivity contribution in [3.8, 4) is 0 Å². The number of thiazole rings is 1. The Morgan fingerprint density at radius 1 is 1.28 bits per heavy atom. The molecule has 1 aliphatic heterocycles. The van der Waals surface area contributed by atoms with Gasteiger partial charge in [0.25, 0.3) is 0 Å². The molecule has 7 nitrogen and oxygen atoms in total. The van der Waals surface area contributed by atoms with Crippen LogP contribution in [-0.2, 0) is 14.8 Å². The second kappa shape index (κ2) is 9.51. The Morgan fingerprint density at radius 2 is 2.00 bits per heavy atom. The highest BCUT2D eigenvalue weighted by Crippen LogP contribution is 2.32. The first-order valence-electron chi connectivity index (χ1n) is 9.72. The lowest BCUT2D eigenvalue weighted by atomic mass is 10.2. The van der Waals surface area contributed by atoms with E-state index in [9.17, 15) is 13.2 Å². The molecule has 0 aliphatic carbocycles. The van der Waals surface area contributed by atoms with E-state index in [-0.39, 0.29) is 10.8 Å². The fourth-order valence-corrected chi connectivity index (χ4v) is 5.37. The Hall–Kier alpha value is -2.23. The van der Waals surface area contributed by atoms with Crippen LogP contribution in [0.4, 0.5) is 11.4 Å². The zero-order valence-corrected chi connectivity index (χ0v) is 18.3. The highest BCUT2D eigenvalue weighted by atomic mass is 32.2. The maximum absolute atomic E-state index is 12.9. The predicted octanol–water partition coefficient (Wildman–Crippen LogP) is 3.43. The first-order valence-corrected chi connectivity index (χ1v) is 12.1. The molecular weight excluding hydrogens is 408 g/mol. The van der Waals surface area contributed by atoms with Gasteiger partial charge in [-0.25, -0.2) is 13.4 Å². The average molecular weight is 435 g/mol. The van der Waals surface area contributed by atoms with E-state index < -0.39 is 10.0 Å². The van der Waals surface area contributed by atoms with E-state index in [4.69, 9.17) is 0 Å². The van der Waals surface area contributed by atoms with Crippen LogP contribution in [0.2, 0.25) is 0 Å². The minimum Gasteiger partial charge on any atom is -0.370 e. The van der Waals surface area contributed by atoms with E-state index in [1.165, 1.54) is 21.7 Å². The third-order valence-electron chi connectivity index (χ3n) is 4.87. The van der Waals surface area contributed by atoms with Crippen LogP contribution in [0.3, 0.4) is 0 Å². The summed E-state index contributed by atoms with van der Waals surface area (Å²) >= 11 is 1.45. The van der Waals surface area contributed by atoms with Gasteiger partial charge >= 0.3 is 0 Å². The standard InChI is InChI=1S/C20H26N4O3S2/c1-3-24(4-2)29(26,27)17-8-9-19(23-11-5-6-12-23)18(13-17)22-20(25)10-7-16-14-28-15-21-16/h7-10,13-15H,3-6,11-12H2,1-2H3,(H,22,25)/b10-7+. The minimum atomic E-state index is -3.61. The first kappa shape index (κ1) is 21.5. The van der Waals surface area contributed by atoms with Crippen molar-refractivity contribution in [1.82, 2.24) is 9.29 Å². The summed E-state index contributed by atoms with van der Waals surface area (Å²) < 4.78 is 27.3. The van der Waals surface area contributed by atoms with Gasteiger partial charge in [0.05, 0.1) is 27.5 Å². The van der Waals surface area contributed by atoms with Gasteiger partial charge in [0.2, 0.25) is 15.9 Å². The minimum absolute atomic E-state index is 0.183. The van der Waals surface area contributed by atoms with Gasteiger partial charge in [0.15, 0.2) is 0 Å². The molecule has 1 saturated heterocycles. The summed E-state index contributed by atoms with van der Waals surface area (Å²) in [5, 5.41) is 4.71. The number of carbonyl (C=O) groups excluding carboxylic acids is 1. The average Bonchev–Trinajstić information content (AvgIpc) is 3.41. The van der Waals surface area contributed by atoms with Gasteiger partial charge in [-0.15, -0.1) is 11.3 Å². The maximum atomic E-state index is 12.9. The van der Waals surface area contributed by atoms with E-state index in [2.05, 4.69) is 15.2 Å². The Balaban J connectivity index is 1.92. The molecule has 29 heavy (non-hydrogen) atoms. The zero-order chi connectivity index (χ0) is 20.9. The van der Waals surface area contributed by atoms with Gasteiger partial charge in [-0.2, -0.15) is 4.31 Å². The smallest absolute Gasteiger partial charge is 0.248 e. The summed E-state index contributed by atoms with van der Waals surface area (Å²) in [5.74, 6) is -0.323. The Morgan fingerprint density at radius 3 is 2.62 bits per heavy atom. The maximum Gasteiger partial charge on any atom is 0.248 e. The summed E-state index contributed by atoms with van der Waals surface area (Å²) in [7, 11) is -3.61. The third-order valence-corrected chi connectivity index (χ3v) is 7.52. The molecule has 0 radical (unpaired) electrons. The predicted molar refractivity (Wildman–Crippen MR) is 118 cm³/mol. The molecule has 0 bridgehead atoms. The molecule has 156 valence electrons. The van der Waals surface area contributed by atoms with E-state index in [1.807, 2.05) is 19.2 Å². The number of hydrogen-bond donors (Lipinski definition) is 1. The number of hydrogen-bond acceptors (Lipinski definition) is 6. The molecule has 0 atom stereocenters. The molecule has 1 amide bonds. The van der Waals surface area contributed by atoms with Crippen LogP contribution in [0, 0.1) is 0 Å². The van der Waals surface area contributed by atoms with Crippen LogP contribution < -0.4 is 10.2 Å². The van der Waals surface area contributed by atoms with Crippen LogP contribution >= 0.6 is 11.3 Å². The quantitative estimate of drug-likeness (QED) is 0.644. The van der Waals surface area contributed by atoms with Gasteiger partial charge in [-0.05, 0) is 37.1 Å². The van der Waals surface area contributed by atoms with Gasteiger partial charge in [-0.1, -0.05) is 13.8 Å². The molecule has 1 fully saturated rings. The molecule has 3 rings (SSSR count). The van der Waals surface area contributed by atoms with Crippen LogP contribution in [0.1, 0.15) is 32.4 Å². The molecule has 1 aliphatic rings. The van der Waals surface area contributed by atoms with Gasteiger partial charge in [-0.3, -0.25) is 4.79 Å². The summed E-state index contributed by atoms with van der Waals surface area (Å²) in [4.78, 5) is 19.0. The number of sulfonamides is 1. The SMILES string of the molecule is CCN(CC)S(=O)(=O)c1ccc(N2CCCC2)c(NC(=O)/C=C/c2cscn2)c1. The molecule has 1 aromatic carbocycles. The number of nitrogens with one attached hydrogen (secondary N) is 1. The molecule has 2 aromatic rings. The van der Waals surface area contributed by atoms with Gasteiger partial charge < -0.3 is 10.2 Å². The van der Waals surface area contributed by atoms with Crippen molar-refractivity contribution in [2.45, 2.75) is 31.6 Å². The van der Waals surface area contributed by atoms with E-state index in [1.54, 1.807) is 29.8 Å². The molecule has 0 spiro atoms. The highest BCUT2D eigenvalue weighted by molar-refractivity contribution is 7.89. The number of nitrogens with zero attached hydrogens (tertiary/aromatic N) is 3. The van der Waals surface area contributed by atoms with Crippen molar-refractivity contribution < 1.29 is 13.2 Å². The molecule has 9 heteroatoms. The van der Waals surface area contributed by atoms with Crippen molar-refractivity contribution in [3.63, 3.8) is 0 Å². The van der Waals surface area contributed by atoms with Crippen molar-refractivity contribution in [1.29, 1.82) is 0 Å². The van der Waals surface area contributed by atoms with E-state index in [0.29, 0.717) is 24.5 Å². The largest absolute Gasteiger partial charge is 0.370 e. The lowest BCUT2D eigenvalue weighted by Gasteiger charge is -2.24. The molecule has 2 heterocycles. The number of aromatic nitrogens is 1. The van der Waals surface area contributed by atoms with Gasteiger partial charge in [0, 0.05) is 37.6 Å². The first-order chi connectivity index (χ1) is 14.0. The number of amides is 1. The molecule has 0 unspecified atom stereocenters. The fourth-order valence-electron chi connectivity index (χ4n) is 3.36. The van der Waals surface area contributed by atoms with Crippen molar-refractivity contribution in [2.24, 2.45) is 0 Å². The molecule has 0 saturated carbocycles. The Labute approximate surface area is 176 Å². The van der Waals surface area contributed by atoms with Crippen LogP contribution in [-0.4, -0.2) is 49.8 Å². The van der Waals surface area contributed by atoms with Crippen molar-refractivity contribution in [3.05, 3.63) is 40.9 Å². The van der Waals surface area contributed by atoms with Crippen molar-refractivity contribution in [2.75, 3.05) is 36.4 Å². The van der Waals surface area contributed by atoms with Crippen LogP contribution in [0.25, 0.3) is 6.08 Å². The topological polar surface area (TPSA) is 82.6 Å². The summed E-state index contributed by atoms with van der Waals surface area (Å²) in [6.07, 6.45) is 5.21. The lowest BCUT2D eigenvalue weighted by molar-refractivity contribution is -0.111. The number of anilines is 2. The summed E-state index contributed by atoms with van der Waals surface area (Å²) in [5.41, 5.74) is 3.76. The molecule has 1 aromatic heterocycles. The Kier molecular flexibility index (Phi) is 7.05. The third kappa shape index (κ3) is 5.04. The molecular formula is C20H26N4O3S2. The van der Waals surface area contributed by atoms with Gasteiger partial charge in [0.1, 0.15) is 0 Å². The van der Waals surface area contributed by atoms with E-state index in [0.717, 1.165) is 31.6 Å². The number of carbonyl (C=O) groups is 1. The summed E-state index contributed by atoms with van der Waals surface area (Å²) in [6, 6.07) is 4.99. The van der Waals surface area contributed by atoms with E-state index >= 15 is 0 Å². The highest BCUT2D eigenvalue weighted by Gasteiger charge is 2.24. The van der Waals surface area contributed by atoms with Crippen molar-refractivity contribution >= 4 is 44.7 Å². The second-order valence-electron chi connectivity index (χ2n) is 6.70. The van der Waals surface area contributed by atoms with Crippen LogP contribution in [0.5, 0.6) is 0 Å². The summed E-state index contributed by atoms with van der Waals surface area (Å²) in [6.45, 7) is 6.19. The second-order valence-corrected chi connectivity index (χ2v) is 9.35.